The molecule has 136 valence electrons. The summed E-state index contributed by atoms with van der Waals surface area (Å²) in [6, 6.07) is 16.5. The number of aromatic amines is 1. The number of benzene rings is 2. The number of aromatic nitrogens is 3. The van der Waals surface area contributed by atoms with Gasteiger partial charge in [0.1, 0.15) is 17.8 Å². The molecule has 4 aromatic rings. The maximum atomic E-state index is 12.0. The van der Waals surface area contributed by atoms with Gasteiger partial charge in [0.2, 0.25) is 10.0 Å². The molecular formula is C19H17N5O2S. The highest BCUT2D eigenvalue weighted by Crippen LogP contribution is 2.33. The van der Waals surface area contributed by atoms with Crippen molar-refractivity contribution in [3.8, 4) is 11.1 Å². The second-order valence-corrected chi connectivity index (χ2v) is 7.76. The maximum absolute atomic E-state index is 12.0. The molecule has 2 heterocycles. The van der Waals surface area contributed by atoms with E-state index in [0.29, 0.717) is 17.2 Å². The van der Waals surface area contributed by atoms with E-state index in [4.69, 9.17) is 0 Å². The number of H-pyrrole nitrogens is 1. The van der Waals surface area contributed by atoms with E-state index < -0.39 is 10.0 Å². The number of nitrogens with one attached hydrogen (secondary N) is 3. The van der Waals surface area contributed by atoms with E-state index in [1.54, 1.807) is 18.2 Å². The average Bonchev–Trinajstić information content (AvgIpc) is 3.14. The van der Waals surface area contributed by atoms with Crippen LogP contribution in [0, 0.1) is 0 Å². The Kier molecular flexibility index (Phi) is 4.35. The zero-order valence-electron chi connectivity index (χ0n) is 14.5. The Morgan fingerprint density at radius 1 is 1.00 bits per heavy atom. The van der Waals surface area contributed by atoms with Crippen LogP contribution >= 0.6 is 0 Å². The van der Waals surface area contributed by atoms with Gasteiger partial charge in [-0.25, -0.2) is 23.1 Å². The van der Waals surface area contributed by atoms with Gasteiger partial charge < -0.3 is 10.3 Å². The van der Waals surface area contributed by atoms with Gasteiger partial charge in [-0.05, 0) is 30.8 Å². The SMILES string of the molecule is CNS(=O)(=O)c1cccc(Nc2ncnc3[nH]cc(-c4ccccc4)c23)c1. The summed E-state index contributed by atoms with van der Waals surface area (Å²) in [7, 11) is -2.14. The summed E-state index contributed by atoms with van der Waals surface area (Å²) in [5.41, 5.74) is 3.32. The molecule has 8 heteroatoms. The van der Waals surface area contributed by atoms with Crippen LogP contribution in [0.4, 0.5) is 11.5 Å². The molecule has 7 nitrogen and oxygen atoms in total. The lowest BCUT2D eigenvalue weighted by Crippen LogP contribution is -2.18. The largest absolute Gasteiger partial charge is 0.345 e. The molecule has 0 amide bonds. The number of hydrogen-bond donors (Lipinski definition) is 3. The van der Waals surface area contributed by atoms with E-state index in [2.05, 4.69) is 25.0 Å². The lowest BCUT2D eigenvalue weighted by Gasteiger charge is -2.10. The quantitative estimate of drug-likeness (QED) is 0.494. The van der Waals surface area contributed by atoms with E-state index in [-0.39, 0.29) is 4.90 Å². The van der Waals surface area contributed by atoms with Crippen molar-refractivity contribution in [1.29, 1.82) is 0 Å². The van der Waals surface area contributed by atoms with Crippen molar-refractivity contribution >= 4 is 32.6 Å². The first kappa shape index (κ1) is 17.2. The van der Waals surface area contributed by atoms with E-state index >= 15 is 0 Å². The fourth-order valence-electron chi connectivity index (χ4n) is 2.90. The van der Waals surface area contributed by atoms with Gasteiger partial charge in [-0.3, -0.25) is 0 Å². The van der Waals surface area contributed by atoms with Gasteiger partial charge in [-0.2, -0.15) is 0 Å². The molecule has 2 aromatic carbocycles. The lowest BCUT2D eigenvalue weighted by molar-refractivity contribution is 0.588. The lowest BCUT2D eigenvalue weighted by atomic mass is 10.1. The third kappa shape index (κ3) is 3.27. The molecule has 0 aliphatic carbocycles. The molecule has 4 rings (SSSR count). The molecule has 0 saturated heterocycles. The molecule has 3 N–H and O–H groups in total. The van der Waals surface area contributed by atoms with Crippen molar-refractivity contribution in [3.63, 3.8) is 0 Å². The molecule has 0 atom stereocenters. The summed E-state index contributed by atoms with van der Waals surface area (Å²) in [6.07, 6.45) is 3.35. The zero-order valence-corrected chi connectivity index (χ0v) is 15.3. The van der Waals surface area contributed by atoms with Crippen molar-refractivity contribution in [2.24, 2.45) is 0 Å². The first-order chi connectivity index (χ1) is 13.1. The Labute approximate surface area is 156 Å². The van der Waals surface area contributed by atoms with Gasteiger partial charge >= 0.3 is 0 Å². The minimum atomic E-state index is -3.52. The third-order valence-electron chi connectivity index (χ3n) is 4.23. The molecule has 0 aliphatic rings. The van der Waals surface area contributed by atoms with Gasteiger partial charge in [-0.15, -0.1) is 0 Å². The Bertz CT molecular complexity index is 1200. The molecule has 0 unspecified atom stereocenters. The molecule has 0 radical (unpaired) electrons. The van der Waals surface area contributed by atoms with Crippen LogP contribution in [-0.2, 0) is 10.0 Å². The van der Waals surface area contributed by atoms with Gasteiger partial charge in [0.15, 0.2) is 0 Å². The van der Waals surface area contributed by atoms with Crippen molar-refractivity contribution in [2.45, 2.75) is 4.90 Å². The van der Waals surface area contributed by atoms with Crippen molar-refractivity contribution in [3.05, 3.63) is 67.1 Å². The third-order valence-corrected chi connectivity index (χ3v) is 5.64. The normalized spacial score (nSPS) is 11.6. The van der Waals surface area contributed by atoms with Gasteiger partial charge in [0.05, 0.1) is 10.3 Å². The fourth-order valence-corrected chi connectivity index (χ4v) is 3.67. The number of hydrogen-bond acceptors (Lipinski definition) is 5. The Morgan fingerprint density at radius 2 is 1.81 bits per heavy atom. The number of rotatable bonds is 5. The molecule has 0 saturated carbocycles. The van der Waals surface area contributed by atoms with Gasteiger partial charge in [0, 0.05) is 17.4 Å². The van der Waals surface area contributed by atoms with Gasteiger partial charge in [0.25, 0.3) is 0 Å². The Morgan fingerprint density at radius 3 is 2.59 bits per heavy atom. The molecule has 0 bridgehead atoms. The second kappa shape index (κ2) is 6.82. The Hall–Kier alpha value is -3.23. The van der Waals surface area contributed by atoms with E-state index in [1.807, 2.05) is 36.5 Å². The summed E-state index contributed by atoms with van der Waals surface area (Å²) in [5, 5.41) is 4.05. The summed E-state index contributed by atoms with van der Waals surface area (Å²) >= 11 is 0. The first-order valence-electron chi connectivity index (χ1n) is 8.26. The number of fused-ring (bicyclic) bond motifs is 1. The number of sulfonamides is 1. The number of nitrogens with zero attached hydrogens (tertiary/aromatic N) is 2. The maximum Gasteiger partial charge on any atom is 0.240 e. The topological polar surface area (TPSA) is 99.8 Å². The molecule has 0 spiro atoms. The summed E-state index contributed by atoms with van der Waals surface area (Å²) in [4.78, 5) is 12.0. The standard InChI is InChI=1S/C19H17N5O2S/c1-20-27(25,26)15-9-5-8-14(10-15)24-19-17-16(13-6-3-2-4-7-13)11-21-18(17)22-12-23-19/h2-12,20H,1H3,(H2,21,22,23,24). The van der Waals surface area contributed by atoms with Crippen molar-refractivity contribution in [2.75, 3.05) is 12.4 Å². The van der Waals surface area contributed by atoms with Crippen LogP contribution < -0.4 is 10.0 Å². The van der Waals surface area contributed by atoms with Crippen LogP contribution in [0.1, 0.15) is 0 Å². The zero-order chi connectivity index (χ0) is 18.9. The molecule has 0 fully saturated rings. The first-order valence-corrected chi connectivity index (χ1v) is 9.75. The van der Waals surface area contributed by atoms with E-state index in [1.165, 1.54) is 19.4 Å². The average molecular weight is 379 g/mol. The highest BCUT2D eigenvalue weighted by molar-refractivity contribution is 7.89. The van der Waals surface area contributed by atoms with Crippen LogP contribution in [-0.4, -0.2) is 30.4 Å². The monoisotopic (exact) mass is 379 g/mol. The number of anilines is 2. The summed E-state index contributed by atoms with van der Waals surface area (Å²) in [5.74, 6) is 0.596. The fraction of sp³-hybridized carbons (Fsp3) is 0.0526. The smallest absolute Gasteiger partial charge is 0.240 e. The Balaban J connectivity index is 1.80. The van der Waals surface area contributed by atoms with Crippen LogP contribution in [0.25, 0.3) is 22.2 Å². The van der Waals surface area contributed by atoms with E-state index in [0.717, 1.165) is 16.5 Å². The highest BCUT2D eigenvalue weighted by Gasteiger charge is 2.15. The predicted octanol–water partition coefficient (Wildman–Crippen LogP) is 3.28. The van der Waals surface area contributed by atoms with Gasteiger partial charge in [-0.1, -0.05) is 36.4 Å². The van der Waals surface area contributed by atoms with Crippen molar-refractivity contribution in [1.82, 2.24) is 19.7 Å². The summed E-state index contributed by atoms with van der Waals surface area (Å²) in [6.45, 7) is 0. The van der Waals surface area contributed by atoms with Crippen LogP contribution in [0.15, 0.2) is 72.0 Å². The van der Waals surface area contributed by atoms with Crippen LogP contribution in [0.5, 0.6) is 0 Å². The molecule has 2 aromatic heterocycles. The van der Waals surface area contributed by atoms with Crippen LogP contribution in [0.3, 0.4) is 0 Å². The molecule has 0 aliphatic heterocycles. The minimum absolute atomic E-state index is 0.178. The minimum Gasteiger partial charge on any atom is -0.345 e. The predicted molar refractivity (Wildman–Crippen MR) is 105 cm³/mol. The highest BCUT2D eigenvalue weighted by atomic mass is 32.2. The van der Waals surface area contributed by atoms with E-state index in [9.17, 15) is 8.42 Å². The second-order valence-electron chi connectivity index (χ2n) is 5.87. The van der Waals surface area contributed by atoms with Crippen molar-refractivity contribution < 1.29 is 8.42 Å². The molecular weight excluding hydrogens is 362 g/mol. The summed E-state index contributed by atoms with van der Waals surface area (Å²) < 4.78 is 26.4. The molecule has 27 heavy (non-hydrogen) atoms. The van der Waals surface area contributed by atoms with Crippen LogP contribution in [0.2, 0.25) is 0 Å².